The summed E-state index contributed by atoms with van der Waals surface area (Å²) in [6.45, 7) is 2.83. The van der Waals surface area contributed by atoms with Crippen molar-refractivity contribution in [3.05, 3.63) is 35.8 Å². The van der Waals surface area contributed by atoms with Gasteiger partial charge in [0.2, 0.25) is 11.9 Å². The maximum atomic E-state index is 12.4. The molecule has 4 heterocycles. The number of ether oxygens (including phenoxy) is 2. The number of carbonyl (C=O) groups is 2. The zero-order valence-electron chi connectivity index (χ0n) is 20.2. The molecule has 0 radical (unpaired) electrons. The number of carbonyl (C=O) groups excluding carboxylic acids is 2. The number of methoxy groups -OCH3 is 1. The Morgan fingerprint density at radius 1 is 1.25 bits per heavy atom. The molecule has 36 heavy (non-hydrogen) atoms. The minimum atomic E-state index is -0.841. The van der Waals surface area contributed by atoms with Crippen LogP contribution < -0.4 is 21.3 Å². The first-order chi connectivity index (χ1) is 17.4. The second-order valence-corrected chi connectivity index (χ2v) is 8.99. The van der Waals surface area contributed by atoms with Crippen LogP contribution in [-0.4, -0.2) is 83.2 Å². The molecule has 190 valence electrons. The van der Waals surface area contributed by atoms with Crippen LogP contribution in [0.5, 0.6) is 0 Å². The lowest BCUT2D eigenvalue weighted by Gasteiger charge is -2.18. The van der Waals surface area contributed by atoms with Gasteiger partial charge in [0, 0.05) is 27.2 Å². The Morgan fingerprint density at radius 2 is 2.08 bits per heavy atom. The van der Waals surface area contributed by atoms with Gasteiger partial charge < -0.3 is 30.7 Å². The van der Waals surface area contributed by atoms with Crippen LogP contribution in [0.4, 0.5) is 17.3 Å². The molecule has 1 atom stereocenters. The smallest absolute Gasteiger partial charge is 0.273 e. The lowest BCUT2D eigenvalue weighted by atomic mass is 10.0. The molecule has 0 bridgehead atoms. The van der Waals surface area contributed by atoms with Gasteiger partial charge in [0.15, 0.2) is 11.3 Å². The molecule has 0 spiro atoms. The predicted molar refractivity (Wildman–Crippen MR) is 130 cm³/mol. The first-order valence-corrected chi connectivity index (χ1v) is 11.8. The second kappa shape index (κ2) is 9.66. The van der Waals surface area contributed by atoms with Crippen molar-refractivity contribution in [3.8, 4) is 0 Å². The molecule has 2 amide bonds. The summed E-state index contributed by atoms with van der Waals surface area (Å²) >= 11 is 0. The Labute approximate surface area is 207 Å². The van der Waals surface area contributed by atoms with E-state index in [1.807, 2.05) is 18.3 Å². The van der Waals surface area contributed by atoms with Gasteiger partial charge in [0.25, 0.3) is 5.91 Å². The van der Waals surface area contributed by atoms with Gasteiger partial charge in [-0.2, -0.15) is 10.1 Å². The van der Waals surface area contributed by atoms with E-state index in [1.165, 1.54) is 7.05 Å². The van der Waals surface area contributed by atoms with Crippen molar-refractivity contribution < 1.29 is 19.1 Å². The van der Waals surface area contributed by atoms with Crippen molar-refractivity contribution in [2.24, 2.45) is 5.73 Å². The number of amides is 2. The highest BCUT2D eigenvalue weighted by atomic mass is 16.5. The number of nitrogens with one attached hydrogen (secondary N) is 2. The third-order valence-corrected chi connectivity index (χ3v) is 6.66. The van der Waals surface area contributed by atoms with Gasteiger partial charge >= 0.3 is 0 Å². The van der Waals surface area contributed by atoms with Gasteiger partial charge in [0.1, 0.15) is 0 Å². The molecule has 1 saturated carbocycles. The normalized spacial score (nSPS) is 18.4. The van der Waals surface area contributed by atoms with E-state index in [0.717, 1.165) is 25.2 Å². The summed E-state index contributed by atoms with van der Waals surface area (Å²) in [4.78, 5) is 31.1. The van der Waals surface area contributed by atoms with Gasteiger partial charge in [-0.25, -0.2) is 4.52 Å². The van der Waals surface area contributed by atoms with Crippen LogP contribution in [0.2, 0.25) is 0 Å². The lowest BCUT2D eigenvalue weighted by Crippen LogP contribution is -2.30. The fourth-order valence-corrected chi connectivity index (χ4v) is 4.39. The molecule has 1 aliphatic carbocycles. The monoisotopic (exact) mass is 495 g/mol. The Bertz CT molecular complexity index is 1290. The van der Waals surface area contributed by atoms with Crippen molar-refractivity contribution >= 4 is 34.8 Å². The summed E-state index contributed by atoms with van der Waals surface area (Å²) in [6.07, 6.45) is 4.21. The van der Waals surface area contributed by atoms with Crippen LogP contribution in [0.3, 0.4) is 0 Å². The summed E-state index contributed by atoms with van der Waals surface area (Å²) < 4.78 is 12.6. The first-order valence-electron chi connectivity index (χ1n) is 11.8. The average molecular weight is 496 g/mol. The Balaban J connectivity index is 1.37. The number of nitrogens with zero attached hydrogens (tertiary/aromatic N) is 6. The van der Waals surface area contributed by atoms with Crippen molar-refractivity contribution in [1.29, 1.82) is 0 Å². The van der Waals surface area contributed by atoms with Crippen LogP contribution in [0.1, 0.15) is 35.4 Å². The zero-order valence-corrected chi connectivity index (χ0v) is 20.2. The molecule has 0 unspecified atom stereocenters. The second-order valence-electron chi connectivity index (χ2n) is 8.99. The number of hydrogen-bond donors (Lipinski definition) is 3. The SMILES string of the molecule is CNC(=O)c1nnc(C2(C(N)=O)CC2)cc1Nc1nc2ccc(N3CC[C@@H](OCCOC)C3)cn2n1. The third-order valence-electron chi connectivity index (χ3n) is 6.66. The molecule has 0 aromatic carbocycles. The van der Waals surface area contributed by atoms with Gasteiger partial charge in [-0.3, -0.25) is 9.59 Å². The van der Waals surface area contributed by atoms with E-state index in [-0.39, 0.29) is 17.7 Å². The van der Waals surface area contributed by atoms with Crippen molar-refractivity contribution in [3.63, 3.8) is 0 Å². The van der Waals surface area contributed by atoms with E-state index in [1.54, 1.807) is 17.7 Å². The largest absolute Gasteiger partial charge is 0.382 e. The number of anilines is 3. The standard InChI is InChI=1S/C23H29N9O4/c1-25-20(33)19-16(11-17(28-29-19)23(6-7-23)21(24)34)26-22-27-18-4-3-14(12-32(18)30-22)31-8-5-15(13-31)36-10-9-35-2/h3-4,11-12,15H,5-10,13H2,1-2H3,(H2,24,34)(H,25,33)(H,26,28,30)/t15-/m1/s1. The molecule has 2 aliphatic rings. The summed E-state index contributed by atoms with van der Waals surface area (Å²) in [5.74, 6) is -0.604. The molecule has 13 heteroatoms. The number of pyridine rings is 1. The zero-order chi connectivity index (χ0) is 25.3. The predicted octanol–water partition coefficient (Wildman–Crippen LogP) is 0.381. The van der Waals surface area contributed by atoms with Crippen LogP contribution in [0.15, 0.2) is 24.4 Å². The van der Waals surface area contributed by atoms with Gasteiger partial charge in [-0.05, 0) is 37.5 Å². The van der Waals surface area contributed by atoms with E-state index in [4.69, 9.17) is 15.2 Å². The van der Waals surface area contributed by atoms with Crippen LogP contribution >= 0.6 is 0 Å². The number of primary amides is 1. The maximum Gasteiger partial charge on any atom is 0.273 e. The average Bonchev–Trinajstić information content (AvgIpc) is 3.40. The van der Waals surface area contributed by atoms with Crippen molar-refractivity contribution in [1.82, 2.24) is 30.1 Å². The molecule has 3 aromatic rings. The van der Waals surface area contributed by atoms with E-state index in [2.05, 4.69) is 35.8 Å². The maximum absolute atomic E-state index is 12.4. The Hall–Kier alpha value is -3.84. The van der Waals surface area contributed by atoms with E-state index in [9.17, 15) is 9.59 Å². The highest BCUT2D eigenvalue weighted by Crippen LogP contribution is 2.47. The Kier molecular flexibility index (Phi) is 6.41. The molecule has 4 N–H and O–H groups in total. The molecule has 1 aliphatic heterocycles. The lowest BCUT2D eigenvalue weighted by molar-refractivity contribution is -0.120. The molecule has 5 rings (SSSR count). The Morgan fingerprint density at radius 3 is 2.81 bits per heavy atom. The molecule has 1 saturated heterocycles. The van der Waals surface area contributed by atoms with Crippen LogP contribution in [0, 0.1) is 0 Å². The van der Waals surface area contributed by atoms with E-state index < -0.39 is 17.2 Å². The fourth-order valence-electron chi connectivity index (χ4n) is 4.39. The molecular weight excluding hydrogens is 466 g/mol. The van der Waals surface area contributed by atoms with Crippen LogP contribution in [0.25, 0.3) is 5.65 Å². The van der Waals surface area contributed by atoms with Crippen molar-refractivity contribution in [2.45, 2.75) is 30.8 Å². The highest BCUT2D eigenvalue weighted by molar-refractivity contribution is 5.98. The summed E-state index contributed by atoms with van der Waals surface area (Å²) in [5, 5.41) is 18.3. The number of rotatable bonds is 10. The van der Waals surface area contributed by atoms with Crippen molar-refractivity contribution in [2.75, 3.05) is 50.7 Å². The van der Waals surface area contributed by atoms with E-state index >= 15 is 0 Å². The molecule has 13 nitrogen and oxygen atoms in total. The molecule has 2 fully saturated rings. The minimum absolute atomic E-state index is 0.0673. The summed E-state index contributed by atoms with van der Waals surface area (Å²) in [5.41, 5.74) is 7.23. The molecular formula is C23H29N9O4. The third kappa shape index (κ3) is 4.54. The van der Waals surface area contributed by atoms with E-state index in [0.29, 0.717) is 43.1 Å². The number of fused-ring (bicyclic) bond motifs is 1. The number of hydrogen-bond acceptors (Lipinski definition) is 10. The summed E-state index contributed by atoms with van der Waals surface area (Å²) in [7, 11) is 3.17. The number of aromatic nitrogens is 5. The summed E-state index contributed by atoms with van der Waals surface area (Å²) in [6, 6.07) is 5.51. The highest BCUT2D eigenvalue weighted by Gasteiger charge is 2.52. The van der Waals surface area contributed by atoms with Gasteiger partial charge in [-0.15, -0.1) is 10.2 Å². The number of nitrogens with two attached hydrogens (primary N) is 1. The fraction of sp³-hybridized carbons (Fsp3) is 0.478. The topological polar surface area (TPSA) is 162 Å². The molecule has 3 aromatic heterocycles. The quantitative estimate of drug-likeness (QED) is 0.335. The van der Waals surface area contributed by atoms with Crippen LogP contribution in [-0.2, 0) is 19.7 Å². The van der Waals surface area contributed by atoms with Gasteiger partial charge in [-0.1, -0.05) is 0 Å². The minimum Gasteiger partial charge on any atom is -0.382 e. The van der Waals surface area contributed by atoms with Gasteiger partial charge in [0.05, 0.1) is 48.0 Å². The first kappa shape index (κ1) is 23.9.